The molecule has 0 spiro atoms. The number of amides is 1. The SMILES string of the molecule is CCOC(=O)[C@@H]1C(=O)NC(N2CCN(c3ccccc3)CC2)=N[C@H]1c1ccc(OC)cc1OC. The zero-order valence-corrected chi connectivity index (χ0v) is 19.7. The van der Waals surface area contributed by atoms with E-state index in [0.717, 1.165) is 13.1 Å². The number of nitrogens with one attached hydrogen (secondary N) is 1. The lowest BCUT2D eigenvalue weighted by Crippen LogP contribution is -2.57. The fraction of sp³-hybridized carbons (Fsp3) is 0.400. The summed E-state index contributed by atoms with van der Waals surface area (Å²) in [6.07, 6.45) is 0. The Bertz CT molecular complexity index is 1050. The van der Waals surface area contributed by atoms with Gasteiger partial charge in [-0.1, -0.05) is 18.2 Å². The summed E-state index contributed by atoms with van der Waals surface area (Å²) in [6.45, 7) is 4.83. The van der Waals surface area contributed by atoms with Crippen LogP contribution in [0, 0.1) is 5.92 Å². The van der Waals surface area contributed by atoms with Gasteiger partial charge in [0.2, 0.25) is 11.9 Å². The number of methoxy groups -OCH3 is 2. The number of anilines is 1. The zero-order valence-electron chi connectivity index (χ0n) is 19.7. The van der Waals surface area contributed by atoms with Crippen LogP contribution in [0.1, 0.15) is 18.5 Å². The van der Waals surface area contributed by atoms with Crippen LogP contribution < -0.4 is 19.7 Å². The van der Waals surface area contributed by atoms with Gasteiger partial charge in [-0.2, -0.15) is 0 Å². The Hall–Kier alpha value is -3.75. The number of piperazine rings is 1. The molecule has 0 bridgehead atoms. The van der Waals surface area contributed by atoms with Crippen LogP contribution in [-0.4, -0.2) is 69.7 Å². The first-order valence-corrected chi connectivity index (χ1v) is 11.4. The van der Waals surface area contributed by atoms with Crippen molar-refractivity contribution >= 4 is 23.5 Å². The Morgan fingerprint density at radius 1 is 1.03 bits per heavy atom. The molecule has 1 amide bonds. The first-order chi connectivity index (χ1) is 16.5. The average molecular weight is 467 g/mol. The standard InChI is InChI=1S/C25H30N4O5/c1-4-34-24(31)21-22(19-11-10-18(32-2)16-20(19)33-3)26-25(27-23(21)30)29-14-12-28(13-15-29)17-8-6-5-7-9-17/h5-11,16,21-22H,4,12-15H2,1-3H3,(H,26,27,30)/t21-,22-/m0/s1. The number of ether oxygens (including phenoxy) is 3. The van der Waals surface area contributed by atoms with E-state index in [1.54, 1.807) is 32.2 Å². The molecule has 0 unspecified atom stereocenters. The van der Waals surface area contributed by atoms with E-state index in [-0.39, 0.29) is 6.61 Å². The van der Waals surface area contributed by atoms with E-state index in [1.807, 2.05) is 23.1 Å². The normalized spacial score (nSPS) is 20.3. The van der Waals surface area contributed by atoms with Crippen LogP contribution in [0.4, 0.5) is 5.69 Å². The molecule has 0 aliphatic carbocycles. The molecule has 0 radical (unpaired) electrons. The van der Waals surface area contributed by atoms with Gasteiger partial charge < -0.3 is 24.0 Å². The number of hydrogen-bond acceptors (Lipinski definition) is 8. The smallest absolute Gasteiger partial charge is 0.321 e. The summed E-state index contributed by atoms with van der Waals surface area (Å²) < 4.78 is 16.1. The minimum absolute atomic E-state index is 0.174. The van der Waals surface area contributed by atoms with Crippen molar-refractivity contribution in [2.24, 2.45) is 10.9 Å². The molecular formula is C25H30N4O5. The highest BCUT2D eigenvalue weighted by Crippen LogP contribution is 2.38. The minimum Gasteiger partial charge on any atom is -0.497 e. The first kappa shape index (κ1) is 23.4. The van der Waals surface area contributed by atoms with E-state index in [9.17, 15) is 9.59 Å². The first-order valence-electron chi connectivity index (χ1n) is 11.4. The maximum absolute atomic E-state index is 13.2. The van der Waals surface area contributed by atoms with Crippen molar-refractivity contribution in [1.82, 2.24) is 10.2 Å². The van der Waals surface area contributed by atoms with Crippen molar-refractivity contribution in [2.45, 2.75) is 13.0 Å². The van der Waals surface area contributed by atoms with Gasteiger partial charge in [-0.05, 0) is 31.2 Å². The summed E-state index contributed by atoms with van der Waals surface area (Å²) in [7, 11) is 3.10. The number of carbonyl (C=O) groups is 2. The zero-order chi connectivity index (χ0) is 24.1. The topological polar surface area (TPSA) is 92.7 Å². The molecule has 34 heavy (non-hydrogen) atoms. The number of guanidine groups is 1. The van der Waals surface area contributed by atoms with Gasteiger partial charge in [0.05, 0.1) is 20.8 Å². The van der Waals surface area contributed by atoms with Crippen LogP contribution in [0.15, 0.2) is 53.5 Å². The van der Waals surface area contributed by atoms with E-state index < -0.39 is 23.8 Å². The molecule has 180 valence electrons. The van der Waals surface area contributed by atoms with E-state index in [2.05, 4.69) is 22.3 Å². The molecule has 0 aromatic heterocycles. The van der Waals surface area contributed by atoms with Gasteiger partial charge in [-0.15, -0.1) is 0 Å². The molecule has 2 heterocycles. The molecule has 2 aliphatic rings. The molecule has 1 fully saturated rings. The summed E-state index contributed by atoms with van der Waals surface area (Å²) in [5, 5.41) is 2.84. The quantitative estimate of drug-likeness (QED) is 0.516. The number of benzene rings is 2. The molecule has 2 aromatic carbocycles. The van der Waals surface area contributed by atoms with Crippen LogP contribution in [0.5, 0.6) is 11.5 Å². The molecule has 0 saturated carbocycles. The van der Waals surface area contributed by atoms with Gasteiger partial charge in [0.25, 0.3) is 0 Å². The molecule has 9 nitrogen and oxygen atoms in total. The minimum atomic E-state index is -1.11. The predicted octanol–water partition coefficient (Wildman–Crippen LogP) is 2.23. The van der Waals surface area contributed by atoms with Crippen LogP contribution in [0.2, 0.25) is 0 Å². The summed E-state index contributed by atoms with van der Waals surface area (Å²) in [5.41, 5.74) is 1.79. The van der Waals surface area contributed by atoms with Gasteiger partial charge in [0.1, 0.15) is 17.5 Å². The van der Waals surface area contributed by atoms with Crippen molar-refractivity contribution in [3.05, 3.63) is 54.1 Å². The van der Waals surface area contributed by atoms with E-state index in [0.29, 0.717) is 36.1 Å². The number of aliphatic imine (C=N–C) groups is 1. The van der Waals surface area contributed by atoms with Crippen LogP contribution in [-0.2, 0) is 14.3 Å². The maximum Gasteiger partial charge on any atom is 0.321 e. The molecule has 4 rings (SSSR count). The van der Waals surface area contributed by atoms with Crippen LogP contribution >= 0.6 is 0 Å². The third-order valence-corrected chi connectivity index (χ3v) is 6.09. The highest BCUT2D eigenvalue weighted by Gasteiger charge is 2.43. The van der Waals surface area contributed by atoms with E-state index in [4.69, 9.17) is 19.2 Å². The Morgan fingerprint density at radius 2 is 1.74 bits per heavy atom. The molecule has 2 aliphatic heterocycles. The van der Waals surface area contributed by atoms with Crippen molar-refractivity contribution in [3.63, 3.8) is 0 Å². The fourth-order valence-electron chi connectivity index (χ4n) is 4.33. The maximum atomic E-state index is 13.2. The summed E-state index contributed by atoms with van der Waals surface area (Å²) in [4.78, 5) is 35.1. The van der Waals surface area contributed by atoms with Crippen molar-refractivity contribution in [3.8, 4) is 11.5 Å². The third kappa shape index (κ3) is 4.78. The summed E-state index contributed by atoms with van der Waals surface area (Å²) >= 11 is 0. The second-order valence-electron chi connectivity index (χ2n) is 8.03. The second-order valence-corrected chi connectivity index (χ2v) is 8.03. The lowest BCUT2D eigenvalue weighted by molar-refractivity contribution is -0.153. The Labute approximate surface area is 199 Å². The number of para-hydroxylation sites is 1. The molecule has 1 saturated heterocycles. The molecule has 2 atom stereocenters. The van der Waals surface area contributed by atoms with Gasteiger partial charge in [-0.3, -0.25) is 14.9 Å². The second kappa shape index (κ2) is 10.5. The predicted molar refractivity (Wildman–Crippen MR) is 128 cm³/mol. The Kier molecular flexibility index (Phi) is 7.20. The number of rotatable bonds is 6. The van der Waals surface area contributed by atoms with Crippen LogP contribution in [0.3, 0.4) is 0 Å². The number of nitrogens with zero attached hydrogens (tertiary/aromatic N) is 3. The van der Waals surface area contributed by atoms with Gasteiger partial charge in [0, 0.05) is 43.5 Å². The van der Waals surface area contributed by atoms with Crippen molar-refractivity contribution < 1.29 is 23.8 Å². The lowest BCUT2D eigenvalue weighted by Gasteiger charge is -2.39. The van der Waals surface area contributed by atoms with Gasteiger partial charge in [0.15, 0.2) is 5.92 Å². The number of carbonyl (C=O) groups excluding carboxylic acids is 2. The number of hydrogen-bond donors (Lipinski definition) is 1. The third-order valence-electron chi connectivity index (χ3n) is 6.09. The highest BCUT2D eigenvalue weighted by atomic mass is 16.5. The van der Waals surface area contributed by atoms with Gasteiger partial charge in [-0.25, -0.2) is 4.99 Å². The molecular weight excluding hydrogens is 436 g/mol. The Balaban J connectivity index is 1.63. The van der Waals surface area contributed by atoms with Crippen molar-refractivity contribution in [2.75, 3.05) is 51.9 Å². The molecule has 1 N–H and O–H groups in total. The average Bonchev–Trinajstić information content (AvgIpc) is 2.88. The summed E-state index contributed by atoms with van der Waals surface area (Å²) in [5.74, 6) is -0.603. The lowest BCUT2D eigenvalue weighted by atomic mass is 9.90. The summed E-state index contributed by atoms with van der Waals surface area (Å²) in [6, 6.07) is 14.7. The largest absolute Gasteiger partial charge is 0.497 e. The number of esters is 1. The molecule has 2 aromatic rings. The van der Waals surface area contributed by atoms with E-state index in [1.165, 1.54) is 12.8 Å². The highest BCUT2D eigenvalue weighted by molar-refractivity contribution is 6.08. The van der Waals surface area contributed by atoms with Crippen LogP contribution in [0.25, 0.3) is 0 Å². The Morgan fingerprint density at radius 3 is 2.38 bits per heavy atom. The molecule has 9 heteroatoms. The monoisotopic (exact) mass is 466 g/mol. The van der Waals surface area contributed by atoms with Gasteiger partial charge >= 0.3 is 5.97 Å². The van der Waals surface area contributed by atoms with E-state index >= 15 is 0 Å². The van der Waals surface area contributed by atoms with Crippen molar-refractivity contribution in [1.29, 1.82) is 0 Å². The fourth-order valence-corrected chi connectivity index (χ4v) is 4.33.